The van der Waals surface area contributed by atoms with E-state index in [2.05, 4.69) is 4.90 Å². The number of carbonyl (C=O) groups is 1. The molecule has 0 spiro atoms. The quantitative estimate of drug-likeness (QED) is 0.575. The first-order valence-electron chi connectivity index (χ1n) is 9.20. The van der Waals surface area contributed by atoms with Gasteiger partial charge in [0.25, 0.3) is 0 Å². The highest BCUT2D eigenvalue weighted by Crippen LogP contribution is 2.38. The summed E-state index contributed by atoms with van der Waals surface area (Å²) in [5.74, 6) is -0.885. The molecule has 0 bridgehead atoms. The molecule has 2 atom stereocenters. The fourth-order valence-electron chi connectivity index (χ4n) is 3.82. The van der Waals surface area contributed by atoms with Crippen LogP contribution in [0.5, 0.6) is 0 Å². The molecule has 1 saturated heterocycles. The summed E-state index contributed by atoms with van der Waals surface area (Å²) >= 11 is 12.1. The van der Waals surface area contributed by atoms with Gasteiger partial charge in [0.15, 0.2) is 0 Å². The first-order chi connectivity index (χ1) is 13.6. The maximum absolute atomic E-state index is 12.9. The van der Waals surface area contributed by atoms with Gasteiger partial charge in [-0.05, 0) is 60.7 Å². The smallest absolute Gasteiger partial charge is 0.416 e. The maximum atomic E-state index is 12.9. The molecule has 3 nitrogen and oxygen atoms in total. The molecule has 0 saturated carbocycles. The Bertz CT molecular complexity index is 871. The predicted octanol–water partition coefficient (Wildman–Crippen LogP) is 6.44. The molecule has 0 radical (unpaired) electrons. The van der Waals surface area contributed by atoms with E-state index in [1.165, 1.54) is 12.1 Å². The number of likely N-dealkylation sites (tertiary alicyclic amines) is 1. The standard InChI is InChI=1S/C21H20Cl2F3NO2/c22-17-6-1-14(9-18(17)23)12-27-8-7-13(11-20(28)29)10-19(27)15-2-4-16(5-3-15)21(24,25)26/h1-6,9,13,19H,7-8,10-12H2,(H,28,29)/t13-,19+/m0/s1. The number of piperidine rings is 1. The molecule has 0 aliphatic carbocycles. The van der Waals surface area contributed by atoms with Crippen LogP contribution in [0.3, 0.4) is 0 Å². The Balaban J connectivity index is 1.85. The normalized spacial score (nSPS) is 20.6. The zero-order chi connectivity index (χ0) is 21.2. The van der Waals surface area contributed by atoms with Gasteiger partial charge in [-0.3, -0.25) is 9.69 Å². The van der Waals surface area contributed by atoms with Crippen LogP contribution in [-0.4, -0.2) is 22.5 Å². The van der Waals surface area contributed by atoms with Crippen molar-refractivity contribution >= 4 is 29.2 Å². The number of hydrogen-bond acceptors (Lipinski definition) is 2. The Morgan fingerprint density at radius 1 is 1.10 bits per heavy atom. The van der Waals surface area contributed by atoms with E-state index in [4.69, 9.17) is 28.3 Å². The second kappa shape index (κ2) is 8.94. The third-order valence-corrected chi connectivity index (χ3v) is 6.02. The Morgan fingerprint density at radius 2 is 1.79 bits per heavy atom. The van der Waals surface area contributed by atoms with Crippen molar-refractivity contribution in [1.82, 2.24) is 4.90 Å². The molecule has 3 rings (SSSR count). The molecule has 0 unspecified atom stereocenters. The van der Waals surface area contributed by atoms with E-state index in [1.54, 1.807) is 12.1 Å². The molecule has 1 aliphatic rings. The zero-order valence-corrected chi connectivity index (χ0v) is 16.9. The lowest BCUT2D eigenvalue weighted by atomic mass is 9.84. The zero-order valence-electron chi connectivity index (χ0n) is 15.4. The fraction of sp³-hybridized carbons (Fsp3) is 0.381. The van der Waals surface area contributed by atoms with E-state index in [-0.39, 0.29) is 18.4 Å². The molecular weight excluding hydrogens is 426 g/mol. The van der Waals surface area contributed by atoms with Crippen LogP contribution in [0.2, 0.25) is 10.0 Å². The minimum absolute atomic E-state index is 0.0233. The number of carboxylic acids is 1. The van der Waals surface area contributed by atoms with Crippen molar-refractivity contribution in [3.05, 3.63) is 69.2 Å². The summed E-state index contributed by atoms with van der Waals surface area (Å²) < 4.78 is 38.7. The van der Waals surface area contributed by atoms with Crippen molar-refractivity contribution in [2.75, 3.05) is 6.54 Å². The highest BCUT2D eigenvalue weighted by molar-refractivity contribution is 6.42. The monoisotopic (exact) mass is 445 g/mol. The highest BCUT2D eigenvalue weighted by Gasteiger charge is 2.33. The number of carboxylic acid groups (broad SMARTS) is 1. The number of benzene rings is 2. The molecule has 0 amide bonds. The van der Waals surface area contributed by atoms with Crippen LogP contribution in [0.25, 0.3) is 0 Å². The Morgan fingerprint density at radius 3 is 2.38 bits per heavy atom. The van der Waals surface area contributed by atoms with Gasteiger partial charge in [0.1, 0.15) is 0 Å². The van der Waals surface area contributed by atoms with Gasteiger partial charge in [-0.25, -0.2) is 0 Å². The average Bonchev–Trinajstić information content (AvgIpc) is 2.65. The maximum Gasteiger partial charge on any atom is 0.416 e. The van der Waals surface area contributed by atoms with Crippen molar-refractivity contribution in [3.8, 4) is 0 Å². The minimum atomic E-state index is -4.39. The molecule has 156 valence electrons. The number of alkyl halides is 3. The van der Waals surface area contributed by atoms with Crippen molar-refractivity contribution in [3.63, 3.8) is 0 Å². The van der Waals surface area contributed by atoms with Crippen LogP contribution >= 0.6 is 23.2 Å². The van der Waals surface area contributed by atoms with Crippen LogP contribution in [0.1, 0.15) is 42.0 Å². The summed E-state index contributed by atoms with van der Waals surface area (Å²) in [4.78, 5) is 13.3. The largest absolute Gasteiger partial charge is 0.481 e. The van der Waals surface area contributed by atoms with Crippen molar-refractivity contribution < 1.29 is 23.1 Å². The van der Waals surface area contributed by atoms with Crippen molar-refractivity contribution in [2.24, 2.45) is 5.92 Å². The second-order valence-corrected chi connectivity index (χ2v) is 8.16. The number of hydrogen-bond donors (Lipinski definition) is 1. The summed E-state index contributed by atoms with van der Waals surface area (Å²) in [7, 11) is 0. The Labute approximate surface area is 177 Å². The van der Waals surface area contributed by atoms with Gasteiger partial charge in [-0.2, -0.15) is 13.2 Å². The summed E-state index contributed by atoms with van der Waals surface area (Å²) in [5.41, 5.74) is 0.983. The molecular formula is C21H20Cl2F3NO2. The molecule has 8 heteroatoms. The molecule has 29 heavy (non-hydrogen) atoms. The van der Waals surface area contributed by atoms with Gasteiger partial charge < -0.3 is 5.11 Å². The SMILES string of the molecule is O=C(O)C[C@H]1CCN(Cc2ccc(Cl)c(Cl)c2)[C@@H](c2ccc(C(F)(F)F)cc2)C1. The number of halogens is 5. The first-order valence-corrected chi connectivity index (χ1v) is 9.96. The van der Waals surface area contributed by atoms with E-state index < -0.39 is 17.7 Å². The average molecular weight is 446 g/mol. The lowest BCUT2D eigenvalue weighted by Gasteiger charge is -2.39. The molecule has 2 aromatic rings. The number of nitrogens with zero attached hydrogens (tertiary/aromatic N) is 1. The van der Waals surface area contributed by atoms with E-state index >= 15 is 0 Å². The van der Waals surface area contributed by atoms with Crippen molar-refractivity contribution in [2.45, 2.75) is 38.0 Å². The van der Waals surface area contributed by atoms with E-state index in [9.17, 15) is 18.0 Å². The summed E-state index contributed by atoms with van der Waals surface area (Å²) in [5, 5.41) is 10.0. The van der Waals surface area contributed by atoms with Gasteiger partial charge >= 0.3 is 12.1 Å². The summed E-state index contributed by atoms with van der Waals surface area (Å²) in [6.07, 6.45) is -3.06. The summed E-state index contributed by atoms with van der Waals surface area (Å²) in [6.45, 7) is 1.19. The number of rotatable bonds is 5. The third-order valence-electron chi connectivity index (χ3n) is 5.28. The van der Waals surface area contributed by atoms with Gasteiger partial charge in [0.05, 0.1) is 15.6 Å². The molecule has 1 aliphatic heterocycles. The third kappa shape index (κ3) is 5.65. The van der Waals surface area contributed by atoms with E-state index in [1.807, 2.05) is 6.07 Å². The molecule has 1 fully saturated rings. The Kier molecular flexibility index (Phi) is 6.76. The van der Waals surface area contributed by atoms with Gasteiger partial charge in [-0.1, -0.05) is 41.4 Å². The molecule has 0 aromatic heterocycles. The van der Waals surface area contributed by atoms with Gasteiger partial charge in [0, 0.05) is 19.0 Å². The second-order valence-electron chi connectivity index (χ2n) is 7.34. The molecule has 1 heterocycles. The van der Waals surface area contributed by atoms with Crippen LogP contribution < -0.4 is 0 Å². The van der Waals surface area contributed by atoms with E-state index in [0.717, 1.165) is 23.3 Å². The predicted molar refractivity (Wildman–Crippen MR) is 106 cm³/mol. The Hall–Kier alpha value is -1.76. The van der Waals surface area contributed by atoms with Crippen LogP contribution in [0, 0.1) is 5.92 Å². The number of aliphatic carboxylic acids is 1. The molecule has 1 N–H and O–H groups in total. The van der Waals surface area contributed by atoms with Gasteiger partial charge in [-0.15, -0.1) is 0 Å². The topological polar surface area (TPSA) is 40.5 Å². The first kappa shape index (κ1) is 21.9. The van der Waals surface area contributed by atoms with Crippen LogP contribution in [0.15, 0.2) is 42.5 Å². The van der Waals surface area contributed by atoms with E-state index in [0.29, 0.717) is 36.0 Å². The molecule has 2 aromatic carbocycles. The lowest BCUT2D eigenvalue weighted by Crippen LogP contribution is -2.37. The lowest BCUT2D eigenvalue weighted by molar-refractivity contribution is -0.139. The van der Waals surface area contributed by atoms with Crippen molar-refractivity contribution in [1.29, 1.82) is 0 Å². The minimum Gasteiger partial charge on any atom is -0.481 e. The summed E-state index contributed by atoms with van der Waals surface area (Å²) in [6, 6.07) is 10.3. The highest BCUT2D eigenvalue weighted by atomic mass is 35.5. The van der Waals surface area contributed by atoms with Gasteiger partial charge in [0.2, 0.25) is 0 Å². The van der Waals surface area contributed by atoms with Crippen LogP contribution in [0.4, 0.5) is 13.2 Å². The fourth-order valence-corrected chi connectivity index (χ4v) is 4.14. The van der Waals surface area contributed by atoms with Crippen LogP contribution in [-0.2, 0) is 17.5 Å².